The van der Waals surface area contributed by atoms with E-state index in [2.05, 4.69) is 51.8 Å². The van der Waals surface area contributed by atoms with Crippen molar-refractivity contribution in [2.24, 2.45) is 10.7 Å². The molecule has 3 nitrogen and oxygen atoms in total. The van der Waals surface area contributed by atoms with Gasteiger partial charge in [0, 0.05) is 3.57 Å². The first-order valence-corrected chi connectivity index (χ1v) is 5.49. The summed E-state index contributed by atoms with van der Waals surface area (Å²) in [5.74, 6) is 0.583. The Morgan fingerprint density at radius 3 is 2.71 bits per heavy atom. The fraction of sp³-hybridized carbons (Fsp3) is 0.300. The SMILES string of the molecule is NC1=NC(c2ccc(I)cc2)COC1. The Balaban J connectivity index is 2.22. The third-order valence-corrected chi connectivity index (χ3v) is 2.82. The molecule has 1 aliphatic rings. The van der Waals surface area contributed by atoms with Gasteiger partial charge in [-0.15, -0.1) is 0 Å². The van der Waals surface area contributed by atoms with E-state index >= 15 is 0 Å². The molecule has 2 rings (SSSR count). The molecule has 0 bridgehead atoms. The van der Waals surface area contributed by atoms with Gasteiger partial charge >= 0.3 is 0 Å². The van der Waals surface area contributed by atoms with E-state index in [4.69, 9.17) is 10.5 Å². The van der Waals surface area contributed by atoms with Crippen LogP contribution in [0.25, 0.3) is 0 Å². The largest absolute Gasteiger partial charge is 0.386 e. The third kappa shape index (κ3) is 2.24. The van der Waals surface area contributed by atoms with Crippen molar-refractivity contribution in [2.75, 3.05) is 13.2 Å². The van der Waals surface area contributed by atoms with Crippen LogP contribution in [0.15, 0.2) is 29.3 Å². The molecular weight excluding hydrogens is 291 g/mol. The maximum Gasteiger partial charge on any atom is 0.121 e. The van der Waals surface area contributed by atoms with Crippen LogP contribution in [0.3, 0.4) is 0 Å². The van der Waals surface area contributed by atoms with Crippen molar-refractivity contribution in [3.8, 4) is 0 Å². The minimum absolute atomic E-state index is 0.0701. The Morgan fingerprint density at radius 1 is 1.36 bits per heavy atom. The van der Waals surface area contributed by atoms with E-state index < -0.39 is 0 Å². The standard InChI is InChI=1S/C10H11IN2O/c11-8-3-1-7(2-4-8)9-5-14-6-10(12)13-9/h1-4,9H,5-6H2,(H2,12,13). The number of halogens is 1. The number of hydrogen-bond donors (Lipinski definition) is 1. The van der Waals surface area contributed by atoms with Crippen LogP contribution in [0.5, 0.6) is 0 Å². The molecule has 2 N–H and O–H groups in total. The van der Waals surface area contributed by atoms with Crippen molar-refractivity contribution >= 4 is 28.4 Å². The van der Waals surface area contributed by atoms with Crippen LogP contribution in [0, 0.1) is 3.57 Å². The Morgan fingerprint density at radius 2 is 2.07 bits per heavy atom. The van der Waals surface area contributed by atoms with Gasteiger partial charge in [-0.3, -0.25) is 4.99 Å². The highest BCUT2D eigenvalue weighted by Gasteiger charge is 2.15. The molecule has 74 valence electrons. The molecule has 1 aliphatic heterocycles. The number of hydrogen-bond acceptors (Lipinski definition) is 3. The fourth-order valence-corrected chi connectivity index (χ4v) is 1.77. The number of aliphatic imine (C=N–C) groups is 1. The van der Waals surface area contributed by atoms with Crippen LogP contribution in [0.1, 0.15) is 11.6 Å². The molecule has 1 aromatic carbocycles. The fourth-order valence-electron chi connectivity index (χ4n) is 1.41. The van der Waals surface area contributed by atoms with Gasteiger partial charge in [0.25, 0.3) is 0 Å². The summed E-state index contributed by atoms with van der Waals surface area (Å²) in [6, 6.07) is 8.34. The predicted octanol–water partition coefficient (Wildman–Crippen LogP) is 1.72. The third-order valence-electron chi connectivity index (χ3n) is 2.10. The van der Waals surface area contributed by atoms with Crippen molar-refractivity contribution in [1.29, 1.82) is 0 Å². The first-order chi connectivity index (χ1) is 6.75. The lowest BCUT2D eigenvalue weighted by atomic mass is 10.1. The summed E-state index contributed by atoms with van der Waals surface area (Å²) in [6.45, 7) is 1.09. The van der Waals surface area contributed by atoms with Gasteiger partial charge in [0.15, 0.2) is 0 Å². The van der Waals surface area contributed by atoms with Crippen molar-refractivity contribution < 1.29 is 4.74 Å². The molecule has 1 atom stereocenters. The second-order valence-electron chi connectivity index (χ2n) is 3.20. The Hall–Kier alpha value is -0.620. The van der Waals surface area contributed by atoms with E-state index in [-0.39, 0.29) is 6.04 Å². The first kappa shape index (κ1) is 9.92. The zero-order valence-corrected chi connectivity index (χ0v) is 9.77. The topological polar surface area (TPSA) is 47.6 Å². The zero-order chi connectivity index (χ0) is 9.97. The first-order valence-electron chi connectivity index (χ1n) is 4.41. The molecule has 0 aliphatic carbocycles. The van der Waals surface area contributed by atoms with Gasteiger partial charge in [0.2, 0.25) is 0 Å². The molecule has 1 heterocycles. The summed E-state index contributed by atoms with van der Waals surface area (Å²) in [4.78, 5) is 4.35. The molecule has 0 aromatic heterocycles. The molecule has 1 unspecified atom stereocenters. The van der Waals surface area contributed by atoms with E-state index in [1.165, 1.54) is 3.57 Å². The smallest absolute Gasteiger partial charge is 0.121 e. The molecule has 0 saturated carbocycles. The average molecular weight is 302 g/mol. The minimum atomic E-state index is 0.0701. The summed E-state index contributed by atoms with van der Waals surface area (Å²) < 4.78 is 6.54. The highest BCUT2D eigenvalue weighted by Crippen LogP contribution is 2.21. The van der Waals surface area contributed by atoms with E-state index in [0.29, 0.717) is 19.0 Å². The van der Waals surface area contributed by atoms with Crippen molar-refractivity contribution in [3.05, 3.63) is 33.4 Å². The predicted molar refractivity (Wildman–Crippen MR) is 64.3 cm³/mol. The van der Waals surface area contributed by atoms with E-state index in [9.17, 15) is 0 Å². The second-order valence-corrected chi connectivity index (χ2v) is 4.45. The Bertz CT molecular complexity index is 348. The highest BCUT2D eigenvalue weighted by atomic mass is 127. The van der Waals surface area contributed by atoms with Gasteiger partial charge in [-0.1, -0.05) is 12.1 Å². The van der Waals surface area contributed by atoms with E-state index in [1.807, 2.05) is 0 Å². The maximum absolute atomic E-state index is 5.62. The van der Waals surface area contributed by atoms with E-state index in [0.717, 1.165) is 5.56 Å². The van der Waals surface area contributed by atoms with E-state index in [1.54, 1.807) is 0 Å². The monoisotopic (exact) mass is 302 g/mol. The molecule has 14 heavy (non-hydrogen) atoms. The molecule has 4 heteroatoms. The number of benzene rings is 1. The molecule has 0 fully saturated rings. The number of ether oxygens (including phenoxy) is 1. The van der Waals surface area contributed by atoms with Crippen LogP contribution in [-0.4, -0.2) is 19.0 Å². The van der Waals surface area contributed by atoms with Crippen molar-refractivity contribution in [1.82, 2.24) is 0 Å². The normalized spacial score (nSPS) is 21.8. The van der Waals surface area contributed by atoms with Gasteiger partial charge in [-0.05, 0) is 40.3 Å². The molecule has 1 aromatic rings. The molecule has 0 saturated heterocycles. The Labute approximate surface area is 96.5 Å². The van der Waals surface area contributed by atoms with Gasteiger partial charge in [0.05, 0.1) is 6.61 Å². The quantitative estimate of drug-likeness (QED) is 0.803. The highest BCUT2D eigenvalue weighted by molar-refractivity contribution is 14.1. The zero-order valence-electron chi connectivity index (χ0n) is 7.61. The van der Waals surface area contributed by atoms with Gasteiger partial charge < -0.3 is 10.5 Å². The lowest BCUT2D eigenvalue weighted by Gasteiger charge is -2.19. The van der Waals surface area contributed by atoms with Crippen LogP contribution < -0.4 is 5.73 Å². The van der Waals surface area contributed by atoms with Crippen LogP contribution in [-0.2, 0) is 4.74 Å². The van der Waals surface area contributed by atoms with Crippen molar-refractivity contribution in [3.63, 3.8) is 0 Å². The number of rotatable bonds is 1. The number of amidine groups is 1. The minimum Gasteiger partial charge on any atom is -0.386 e. The maximum atomic E-state index is 5.62. The average Bonchev–Trinajstić information content (AvgIpc) is 2.19. The van der Waals surface area contributed by atoms with Gasteiger partial charge in [-0.25, -0.2) is 0 Å². The lowest BCUT2D eigenvalue weighted by Crippen LogP contribution is -2.27. The number of nitrogens with two attached hydrogens (primary N) is 1. The number of nitrogens with zero attached hydrogens (tertiary/aromatic N) is 1. The van der Waals surface area contributed by atoms with Crippen LogP contribution in [0.4, 0.5) is 0 Å². The summed E-state index contributed by atoms with van der Waals surface area (Å²) >= 11 is 2.28. The Kier molecular flexibility index (Phi) is 3.02. The van der Waals surface area contributed by atoms with Crippen LogP contribution >= 0.6 is 22.6 Å². The van der Waals surface area contributed by atoms with Gasteiger partial charge in [0.1, 0.15) is 18.5 Å². The molecule has 0 radical (unpaired) electrons. The summed E-state index contributed by atoms with van der Waals surface area (Å²) in [5.41, 5.74) is 6.78. The second kappa shape index (κ2) is 4.27. The summed E-state index contributed by atoms with van der Waals surface area (Å²) in [7, 11) is 0. The summed E-state index contributed by atoms with van der Waals surface area (Å²) in [5, 5.41) is 0. The van der Waals surface area contributed by atoms with Crippen molar-refractivity contribution in [2.45, 2.75) is 6.04 Å². The molecule has 0 amide bonds. The molecule has 0 spiro atoms. The van der Waals surface area contributed by atoms with Crippen LogP contribution in [0.2, 0.25) is 0 Å². The summed E-state index contributed by atoms with van der Waals surface area (Å²) in [6.07, 6.45) is 0. The van der Waals surface area contributed by atoms with Gasteiger partial charge in [-0.2, -0.15) is 0 Å². The lowest BCUT2D eigenvalue weighted by molar-refractivity contribution is 0.143. The molecular formula is C10H11IN2O.